The van der Waals surface area contributed by atoms with Crippen LogP contribution in [0.25, 0.3) is 10.2 Å². The van der Waals surface area contributed by atoms with E-state index in [0.29, 0.717) is 6.54 Å². The minimum Gasteiger partial charge on any atom is -0.496 e. The van der Waals surface area contributed by atoms with Crippen LogP contribution in [0.5, 0.6) is 5.75 Å². The molecule has 0 aliphatic heterocycles. The fourth-order valence-electron chi connectivity index (χ4n) is 2.64. The number of nitrogens with one attached hydrogen (secondary N) is 1. The number of thiophene rings is 1. The standard InChI is InChI=1S/C19H21N3O2S2/c1-11-12(2)25-18-16(11)19(22-10-21-18)26-13(3)17(23)20-9-14-7-5-6-8-15(14)24-4/h5-8,10,13H,9H2,1-4H3,(H,20,23). The van der Waals surface area contributed by atoms with Crippen molar-refractivity contribution < 1.29 is 9.53 Å². The summed E-state index contributed by atoms with van der Waals surface area (Å²) in [5, 5.41) is 4.64. The van der Waals surface area contributed by atoms with E-state index in [0.717, 1.165) is 26.6 Å². The molecule has 0 spiro atoms. The minimum absolute atomic E-state index is 0.0303. The number of hydrogen-bond donors (Lipinski definition) is 1. The number of thioether (sulfide) groups is 1. The van der Waals surface area contributed by atoms with Gasteiger partial charge in [0.15, 0.2) is 0 Å². The van der Waals surface area contributed by atoms with Crippen molar-refractivity contribution in [1.29, 1.82) is 0 Å². The molecule has 3 aromatic rings. The predicted molar refractivity (Wildman–Crippen MR) is 107 cm³/mol. The Hall–Kier alpha value is -2.12. The highest BCUT2D eigenvalue weighted by atomic mass is 32.2. The number of nitrogens with zero attached hydrogens (tertiary/aromatic N) is 2. The first-order valence-corrected chi connectivity index (χ1v) is 9.97. The zero-order chi connectivity index (χ0) is 18.7. The van der Waals surface area contributed by atoms with Crippen molar-refractivity contribution in [3.63, 3.8) is 0 Å². The molecule has 0 aliphatic rings. The van der Waals surface area contributed by atoms with E-state index in [1.165, 1.54) is 22.2 Å². The van der Waals surface area contributed by atoms with Crippen LogP contribution in [0, 0.1) is 13.8 Å². The molecule has 136 valence electrons. The molecule has 0 aliphatic carbocycles. The summed E-state index contributed by atoms with van der Waals surface area (Å²) in [5.41, 5.74) is 2.14. The lowest BCUT2D eigenvalue weighted by Crippen LogP contribution is -2.30. The molecular weight excluding hydrogens is 366 g/mol. The van der Waals surface area contributed by atoms with Crippen molar-refractivity contribution in [2.75, 3.05) is 7.11 Å². The fourth-order valence-corrected chi connectivity index (χ4v) is 4.70. The summed E-state index contributed by atoms with van der Waals surface area (Å²) in [6.45, 7) is 6.49. The van der Waals surface area contributed by atoms with Crippen molar-refractivity contribution in [3.8, 4) is 5.75 Å². The van der Waals surface area contributed by atoms with E-state index in [1.54, 1.807) is 24.8 Å². The zero-order valence-electron chi connectivity index (χ0n) is 15.2. The second-order valence-corrected chi connectivity index (χ2v) is 8.46. The monoisotopic (exact) mass is 387 g/mol. The van der Waals surface area contributed by atoms with Crippen LogP contribution in [0.4, 0.5) is 0 Å². The number of aryl methyl sites for hydroxylation is 2. The first-order valence-electron chi connectivity index (χ1n) is 8.28. The molecule has 26 heavy (non-hydrogen) atoms. The molecule has 0 fully saturated rings. The number of carbonyl (C=O) groups is 1. The maximum Gasteiger partial charge on any atom is 0.233 e. The van der Waals surface area contributed by atoms with Gasteiger partial charge >= 0.3 is 0 Å². The van der Waals surface area contributed by atoms with Gasteiger partial charge in [0.25, 0.3) is 0 Å². The van der Waals surface area contributed by atoms with E-state index in [4.69, 9.17) is 4.74 Å². The first kappa shape index (κ1) is 18.7. The Morgan fingerprint density at radius 2 is 2.08 bits per heavy atom. The molecule has 0 saturated heterocycles. The molecule has 3 rings (SSSR count). The quantitative estimate of drug-likeness (QED) is 0.509. The molecule has 7 heteroatoms. The fraction of sp³-hybridized carbons (Fsp3) is 0.316. The maximum absolute atomic E-state index is 12.5. The van der Waals surface area contributed by atoms with Gasteiger partial charge in [-0.3, -0.25) is 4.79 Å². The summed E-state index contributed by atoms with van der Waals surface area (Å²) >= 11 is 3.13. The number of ether oxygens (including phenoxy) is 1. The number of fused-ring (bicyclic) bond motifs is 1. The zero-order valence-corrected chi connectivity index (χ0v) is 16.8. The lowest BCUT2D eigenvalue weighted by Gasteiger charge is -2.13. The Labute approximate surface area is 161 Å². The molecule has 0 bridgehead atoms. The molecule has 5 nitrogen and oxygen atoms in total. The van der Waals surface area contributed by atoms with Crippen molar-refractivity contribution >= 4 is 39.2 Å². The highest BCUT2D eigenvalue weighted by molar-refractivity contribution is 8.00. The van der Waals surface area contributed by atoms with E-state index in [-0.39, 0.29) is 11.2 Å². The van der Waals surface area contributed by atoms with Gasteiger partial charge in [-0.1, -0.05) is 30.0 Å². The third-order valence-electron chi connectivity index (χ3n) is 4.23. The highest BCUT2D eigenvalue weighted by Crippen LogP contribution is 2.35. The van der Waals surface area contributed by atoms with Gasteiger partial charge in [0.05, 0.1) is 12.4 Å². The average Bonchev–Trinajstić information content (AvgIpc) is 2.94. The van der Waals surface area contributed by atoms with Crippen LogP contribution in [0.2, 0.25) is 0 Å². The number of benzene rings is 1. The molecule has 0 radical (unpaired) electrons. The molecular formula is C19H21N3O2S2. The summed E-state index contributed by atoms with van der Waals surface area (Å²) in [6, 6.07) is 7.68. The Balaban J connectivity index is 1.70. The molecule has 1 N–H and O–H groups in total. The van der Waals surface area contributed by atoms with Gasteiger partial charge in [0.1, 0.15) is 21.9 Å². The Bertz CT molecular complexity index is 940. The second-order valence-electron chi connectivity index (χ2n) is 5.93. The average molecular weight is 388 g/mol. The third kappa shape index (κ3) is 3.83. The van der Waals surface area contributed by atoms with Crippen LogP contribution >= 0.6 is 23.1 Å². The first-order chi connectivity index (χ1) is 12.5. The Morgan fingerprint density at radius 1 is 1.31 bits per heavy atom. The molecule has 0 saturated carbocycles. The molecule has 2 aromatic heterocycles. The normalized spacial score (nSPS) is 12.2. The largest absolute Gasteiger partial charge is 0.496 e. The second kappa shape index (κ2) is 8.05. The third-order valence-corrected chi connectivity index (χ3v) is 6.45. The Morgan fingerprint density at radius 3 is 2.85 bits per heavy atom. The highest BCUT2D eigenvalue weighted by Gasteiger charge is 2.19. The summed E-state index contributed by atoms with van der Waals surface area (Å²) < 4.78 is 5.33. The number of rotatable bonds is 6. The number of methoxy groups -OCH3 is 1. The predicted octanol–water partition coefficient (Wildman–Crippen LogP) is 4.11. The van der Waals surface area contributed by atoms with Crippen LogP contribution in [-0.4, -0.2) is 28.2 Å². The van der Waals surface area contributed by atoms with Gasteiger partial charge in [-0.15, -0.1) is 11.3 Å². The molecule has 1 atom stereocenters. The minimum atomic E-state index is -0.262. The topological polar surface area (TPSA) is 64.1 Å². The van der Waals surface area contributed by atoms with Gasteiger partial charge in [0.2, 0.25) is 5.91 Å². The van der Waals surface area contributed by atoms with E-state index in [9.17, 15) is 4.79 Å². The Kier molecular flexibility index (Phi) is 5.78. The van der Waals surface area contributed by atoms with E-state index >= 15 is 0 Å². The maximum atomic E-state index is 12.5. The number of aromatic nitrogens is 2. The van der Waals surface area contributed by atoms with Gasteiger partial charge in [-0.05, 0) is 32.4 Å². The van der Waals surface area contributed by atoms with Crippen molar-refractivity contribution in [2.24, 2.45) is 0 Å². The van der Waals surface area contributed by atoms with Crippen molar-refractivity contribution in [3.05, 3.63) is 46.6 Å². The van der Waals surface area contributed by atoms with Gasteiger partial charge in [-0.2, -0.15) is 0 Å². The number of amides is 1. The molecule has 1 unspecified atom stereocenters. The summed E-state index contributed by atoms with van der Waals surface area (Å²) in [5.74, 6) is 0.743. The number of hydrogen-bond acceptors (Lipinski definition) is 6. The molecule has 1 aromatic carbocycles. The van der Waals surface area contributed by atoms with Crippen LogP contribution < -0.4 is 10.1 Å². The van der Waals surface area contributed by atoms with Gasteiger partial charge < -0.3 is 10.1 Å². The number of carbonyl (C=O) groups excluding carboxylic acids is 1. The SMILES string of the molecule is COc1ccccc1CNC(=O)C(C)Sc1ncnc2sc(C)c(C)c12. The van der Waals surface area contributed by atoms with Crippen LogP contribution in [0.15, 0.2) is 35.6 Å². The number of para-hydroxylation sites is 1. The molecule has 2 heterocycles. The van der Waals surface area contributed by atoms with E-state index < -0.39 is 0 Å². The molecule has 1 amide bonds. The van der Waals surface area contributed by atoms with Crippen LogP contribution in [-0.2, 0) is 11.3 Å². The van der Waals surface area contributed by atoms with Gasteiger partial charge in [-0.25, -0.2) is 9.97 Å². The summed E-state index contributed by atoms with van der Waals surface area (Å²) in [7, 11) is 1.63. The van der Waals surface area contributed by atoms with Crippen molar-refractivity contribution in [2.45, 2.75) is 37.6 Å². The lowest BCUT2D eigenvalue weighted by atomic mass is 10.2. The summed E-state index contributed by atoms with van der Waals surface area (Å²) in [4.78, 5) is 23.5. The lowest BCUT2D eigenvalue weighted by molar-refractivity contribution is -0.120. The smallest absolute Gasteiger partial charge is 0.233 e. The summed E-state index contributed by atoms with van der Waals surface area (Å²) in [6.07, 6.45) is 1.57. The van der Waals surface area contributed by atoms with Crippen LogP contribution in [0.3, 0.4) is 0 Å². The van der Waals surface area contributed by atoms with E-state index in [1.807, 2.05) is 31.2 Å². The van der Waals surface area contributed by atoms with Crippen LogP contribution in [0.1, 0.15) is 22.9 Å². The van der Waals surface area contributed by atoms with E-state index in [2.05, 4.69) is 29.1 Å². The van der Waals surface area contributed by atoms with Gasteiger partial charge in [0, 0.05) is 22.4 Å². The van der Waals surface area contributed by atoms with Crippen molar-refractivity contribution in [1.82, 2.24) is 15.3 Å².